The van der Waals surface area contributed by atoms with Crippen LogP contribution in [-0.4, -0.2) is 26.0 Å². The molecule has 4 N–H and O–H groups in total. The molecule has 6 nitrogen and oxygen atoms in total. The van der Waals surface area contributed by atoms with E-state index < -0.39 is 12.0 Å². The highest BCUT2D eigenvalue weighted by Gasteiger charge is 2.13. The molecular weight excluding hydrogens is 360 g/mol. The molecule has 1 atom stereocenters. The minimum Gasteiger partial charge on any atom is -0.381 e. The molecule has 0 radical (unpaired) electrons. The van der Waals surface area contributed by atoms with Crippen molar-refractivity contribution in [1.82, 2.24) is 15.0 Å². The van der Waals surface area contributed by atoms with E-state index in [1.165, 1.54) is 17.4 Å². The highest BCUT2D eigenvalue weighted by atomic mass is 32.1. The molecule has 1 aromatic carbocycles. The van der Waals surface area contributed by atoms with E-state index in [2.05, 4.69) is 15.0 Å². The first-order chi connectivity index (χ1) is 13.1. The van der Waals surface area contributed by atoms with Gasteiger partial charge in [0.15, 0.2) is 0 Å². The first kappa shape index (κ1) is 17.1. The lowest BCUT2D eigenvalue weighted by atomic mass is 10.0. The highest BCUT2D eigenvalue weighted by Crippen LogP contribution is 2.28. The third-order valence-electron chi connectivity index (χ3n) is 4.24. The van der Waals surface area contributed by atoms with Gasteiger partial charge in [-0.1, -0.05) is 24.3 Å². The van der Waals surface area contributed by atoms with Crippen molar-refractivity contribution in [2.75, 3.05) is 0 Å². The Labute approximate surface area is 159 Å². The number of aromatic amines is 1. The number of aliphatic hydroxyl groups is 1. The van der Waals surface area contributed by atoms with Crippen LogP contribution in [0.4, 0.5) is 0 Å². The number of benzene rings is 1. The van der Waals surface area contributed by atoms with Crippen molar-refractivity contribution in [2.45, 2.75) is 6.10 Å². The summed E-state index contributed by atoms with van der Waals surface area (Å²) in [6.45, 7) is 0. The maximum absolute atomic E-state index is 11.0. The summed E-state index contributed by atoms with van der Waals surface area (Å²) in [5.41, 5.74) is 9.45. The van der Waals surface area contributed by atoms with E-state index in [0.717, 1.165) is 33.3 Å². The molecule has 0 bridgehead atoms. The van der Waals surface area contributed by atoms with Crippen molar-refractivity contribution in [3.63, 3.8) is 0 Å². The molecule has 3 aromatic heterocycles. The standard InChI is InChI=1S/C20H16N4O2S/c21-17(25)6-5-14-10-23-19-16(14)9-15(11-24-19)12-1-3-13(4-2-12)18(26)20-22-7-8-27-20/h1-11,18,26H,(H2,21,25)(H,23,24). The second kappa shape index (κ2) is 7.14. The molecule has 3 heterocycles. The predicted molar refractivity (Wildman–Crippen MR) is 106 cm³/mol. The molecular formula is C20H16N4O2S. The number of aromatic nitrogens is 3. The van der Waals surface area contributed by atoms with Crippen molar-refractivity contribution in [3.8, 4) is 11.1 Å². The van der Waals surface area contributed by atoms with Crippen LogP contribution in [0.1, 0.15) is 22.2 Å². The van der Waals surface area contributed by atoms with Gasteiger partial charge in [0.25, 0.3) is 0 Å². The van der Waals surface area contributed by atoms with Crippen molar-refractivity contribution in [1.29, 1.82) is 0 Å². The normalized spacial score (nSPS) is 12.6. The summed E-state index contributed by atoms with van der Waals surface area (Å²) in [5.74, 6) is -0.497. The Kier molecular flexibility index (Phi) is 4.53. The van der Waals surface area contributed by atoms with Gasteiger partial charge in [-0.25, -0.2) is 9.97 Å². The third-order valence-corrected chi connectivity index (χ3v) is 5.06. The van der Waals surface area contributed by atoms with Gasteiger partial charge in [0.2, 0.25) is 5.91 Å². The largest absolute Gasteiger partial charge is 0.381 e. The molecule has 0 aliphatic heterocycles. The average Bonchev–Trinajstić information content (AvgIpc) is 3.35. The summed E-state index contributed by atoms with van der Waals surface area (Å²) in [6.07, 6.45) is 7.51. The number of nitrogens with two attached hydrogens (primary N) is 1. The SMILES string of the molecule is NC(=O)C=Cc1c[nH]c2ncc(-c3ccc(C(O)c4nccs4)cc3)cc12. The quantitative estimate of drug-likeness (QED) is 0.465. The molecule has 7 heteroatoms. The molecule has 0 spiro atoms. The van der Waals surface area contributed by atoms with Crippen LogP contribution in [0.25, 0.3) is 28.2 Å². The Morgan fingerprint density at radius 2 is 2.04 bits per heavy atom. The lowest BCUT2D eigenvalue weighted by molar-refractivity contribution is -0.113. The Bertz CT molecular complexity index is 1110. The summed E-state index contributed by atoms with van der Waals surface area (Å²) in [5, 5.41) is 13.8. The van der Waals surface area contributed by atoms with Gasteiger partial charge < -0.3 is 15.8 Å². The first-order valence-electron chi connectivity index (χ1n) is 8.24. The fraction of sp³-hybridized carbons (Fsp3) is 0.0500. The first-order valence-corrected chi connectivity index (χ1v) is 9.12. The zero-order valence-corrected chi connectivity index (χ0v) is 15.0. The number of nitrogens with one attached hydrogen (secondary N) is 1. The number of thiazole rings is 1. The zero-order chi connectivity index (χ0) is 18.8. The van der Waals surface area contributed by atoms with E-state index in [-0.39, 0.29) is 0 Å². The fourth-order valence-electron chi connectivity index (χ4n) is 2.86. The monoisotopic (exact) mass is 376 g/mol. The highest BCUT2D eigenvalue weighted by molar-refractivity contribution is 7.09. The Balaban J connectivity index is 1.65. The van der Waals surface area contributed by atoms with E-state index >= 15 is 0 Å². The number of hydrogen-bond acceptors (Lipinski definition) is 5. The minimum absolute atomic E-state index is 0.497. The number of aliphatic hydroxyl groups excluding tert-OH is 1. The van der Waals surface area contributed by atoms with Crippen molar-refractivity contribution in [2.24, 2.45) is 5.73 Å². The average molecular weight is 376 g/mol. The van der Waals surface area contributed by atoms with Gasteiger partial charge in [-0.05, 0) is 23.3 Å². The number of rotatable bonds is 5. The van der Waals surface area contributed by atoms with Crippen LogP contribution in [-0.2, 0) is 4.79 Å². The summed E-state index contributed by atoms with van der Waals surface area (Å²) < 4.78 is 0. The van der Waals surface area contributed by atoms with Gasteiger partial charge in [-0.15, -0.1) is 11.3 Å². The van der Waals surface area contributed by atoms with Crippen LogP contribution in [0, 0.1) is 0 Å². The van der Waals surface area contributed by atoms with Gasteiger partial charge >= 0.3 is 0 Å². The van der Waals surface area contributed by atoms with Gasteiger partial charge in [0.1, 0.15) is 16.8 Å². The number of fused-ring (bicyclic) bond motifs is 1. The van der Waals surface area contributed by atoms with Crippen LogP contribution in [0.5, 0.6) is 0 Å². The number of nitrogens with zero attached hydrogens (tertiary/aromatic N) is 2. The lowest BCUT2D eigenvalue weighted by Gasteiger charge is -2.09. The minimum atomic E-state index is -0.727. The molecule has 134 valence electrons. The molecule has 0 aliphatic carbocycles. The summed E-state index contributed by atoms with van der Waals surface area (Å²) in [4.78, 5) is 22.7. The smallest absolute Gasteiger partial charge is 0.241 e. The number of carbonyl (C=O) groups excluding carboxylic acids is 1. The number of pyridine rings is 1. The Morgan fingerprint density at radius 3 is 2.74 bits per heavy atom. The number of hydrogen-bond donors (Lipinski definition) is 3. The second-order valence-electron chi connectivity index (χ2n) is 5.99. The number of primary amides is 1. The van der Waals surface area contributed by atoms with E-state index in [1.807, 2.05) is 35.7 Å². The maximum atomic E-state index is 11.0. The maximum Gasteiger partial charge on any atom is 0.241 e. The molecule has 4 aromatic rings. The summed E-state index contributed by atoms with van der Waals surface area (Å²) in [6, 6.07) is 9.67. The third kappa shape index (κ3) is 3.51. The van der Waals surface area contributed by atoms with Crippen LogP contribution in [0.2, 0.25) is 0 Å². The van der Waals surface area contributed by atoms with Gasteiger partial charge in [-0.3, -0.25) is 4.79 Å². The molecule has 27 heavy (non-hydrogen) atoms. The van der Waals surface area contributed by atoms with Gasteiger partial charge in [0.05, 0.1) is 0 Å². The van der Waals surface area contributed by atoms with Crippen molar-refractivity contribution in [3.05, 3.63) is 76.5 Å². The van der Waals surface area contributed by atoms with Crippen molar-refractivity contribution >= 4 is 34.4 Å². The van der Waals surface area contributed by atoms with Crippen molar-refractivity contribution < 1.29 is 9.90 Å². The summed E-state index contributed by atoms with van der Waals surface area (Å²) in [7, 11) is 0. The molecule has 4 rings (SSSR count). The summed E-state index contributed by atoms with van der Waals surface area (Å²) >= 11 is 1.42. The zero-order valence-electron chi connectivity index (χ0n) is 14.2. The molecule has 1 amide bonds. The van der Waals surface area contributed by atoms with Crippen LogP contribution in [0.15, 0.2) is 60.4 Å². The Hall–Kier alpha value is -3.29. The Morgan fingerprint density at radius 1 is 1.22 bits per heavy atom. The lowest BCUT2D eigenvalue weighted by Crippen LogP contribution is -2.04. The van der Waals surface area contributed by atoms with E-state index in [9.17, 15) is 9.90 Å². The molecule has 0 saturated carbocycles. The molecule has 0 fully saturated rings. The fourth-order valence-corrected chi connectivity index (χ4v) is 3.51. The number of amides is 1. The number of H-pyrrole nitrogens is 1. The van der Waals surface area contributed by atoms with Crippen LogP contribution < -0.4 is 5.73 Å². The molecule has 1 unspecified atom stereocenters. The second-order valence-corrected chi connectivity index (χ2v) is 6.92. The van der Waals surface area contributed by atoms with Crippen LogP contribution >= 0.6 is 11.3 Å². The number of carbonyl (C=O) groups is 1. The van der Waals surface area contributed by atoms with E-state index in [4.69, 9.17) is 5.73 Å². The molecule has 0 aliphatic rings. The van der Waals surface area contributed by atoms with E-state index in [1.54, 1.807) is 24.7 Å². The van der Waals surface area contributed by atoms with E-state index in [0.29, 0.717) is 5.01 Å². The topological polar surface area (TPSA) is 105 Å². The van der Waals surface area contributed by atoms with Gasteiger partial charge in [0, 0.05) is 46.6 Å². The van der Waals surface area contributed by atoms with Crippen LogP contribution in [0.3, 0.4) is 0 Å². The van der Waals surface area contributed by atoms with Gasteiger partial charge in [-0.2, -0.15) is 0 Å². The predicted octanol–water partition coefficient (Wildman–Crippen LogP) is 3.27. The molecule has 0 saturated heterocycles.